The zero-order valence-corrected chi connectivity index (χ0v) is 12.5. The maximum atomic E-state index is 12.1. The van der Waals surface area contributed by atoms with Gasteiger partial charge in [0.25, 0.3) is 5.91 Å². The van der Waals surface area contributed by atoms with E-state index in [1.807, 2.05) is 18.2 Å². The number of hydrogen-bond acceptors (Lipinski definition) is 2. The molecule has 1 saturated heterocycles. The molecule has 112 valence electrons. The molecule has 3 unspecified atom stereocenters. The summed E-state index contributed by atoms with van der Waals surface area (Å²) in [6, 6.07) is 0.299. The molecular weight excluding hydrogens is 288 g/mol. The van der Waals surface area contributed by atoms with Gasteiger partial charge < -0.3 is 11.5 Å². The summed E-state index contributed by atoms with van der Waals surface area (Å²) in [7, 11) is 0. The molecule has 2 heterocycles. The first-order valence-electron chi connectivity index (χ1n) is 7.18. The van der Waals surface area contributed by atoms with Crippen LogP contribution in [-0.2, 0) is 4.79 Å². The summed E-state index contributed by atoms with van der Waals surface area (Å²) in [6.45, 7) is 2.06. The third-order valence-electron chi connectivity index (χ3n) is 4.29. The highest BCUT2D eigenvalue weighted by molar-refractivity contribution is 6.24. The number of nitrogens with zero attached hydrogens (tertiary/aromatic N) is 2. The lowest BCUT2D eigenvalue weighted by molar-refractivity contribution is -0.114. The molecule has 3 rings (SSSR count). The average molecular weight is 307 g/mol. The Hall–Kier alpha value is -1.59. The van der Waals surface area contributed by atoms with Crippen molar-refractivity contribution < 1.29 is 4.79 Å². The minimum Gasteiger partial charge on any atom is -0.370 e. The van der Waals surface area contributed by atoms with Crippen LogP contribution in [-0.4, -0.2) is 41.3 Å². The van der Waals surface area contributed by atoms with Gasteiger partial charge in [0.05, 0.1) is 5.38 Å². The molecule has 5 nitrogen and oxygen atoms in total. The molecule has 6 heteroatoms. The number of guanidine groups is 1. The molecule has 2 aliphatic heterocycles. The molecule has 0 spiro atoms. The fourth-order valence-corrected chi connectivity index (χ4v) is 3.73. The van der Waals surface area contributed by atoms with Gasteiger partial charge in [-0.25, -0.2) is 0 Å². The third-order valence-corrected chi connectivity index (χ3v) is 4.69. The van der Waals surface area contributed by atoms with E-state index in [9.17, 15) is 4.79 Å². The van der Waals surface area contributed by atoms with Gasteiger partial charge in [-0.1, -0.05) is 18.2 Å². The largest absolute Gasteiger partial charge is 0.370 e. The number of amides is 1. The van der Waals surface area contributed by atoms with Crippen molar-refractivity contribution in [2.75, 3.05) is 13.1 Å². The van der Waals surface area contributed by atoms with Gasteiger partial charge in [-0.2, -0.15) is 4.99 Å². The highest BCUT2D eigenvalue weighted by Crippen LogP contribution is 2.39. The Morgan fingerprint density at radius 2 is 2.19 bits per heavy atom. The van der Waals surface area contributed by atoms with Gasteiger partial charge >= 0.3 is 0 Å². The zero-order chi connectivity index (χ0) is 15.0. The van der Waals surface area contributed by atoms with Gasteiger partial charge in [-0.15, -0.1) is 11.6 Å². The Morgan fingerprint density at radius 3 is 2.95 bits per heavy atom. The Kier molecular flexibility index (Phi) is 3.87. The minimum absolute atomic E-state index is 0.186. The number of halogens is 1. The summed E-state index contributed by atoms with van der Waals surface area (Å²) >= 11 is 6.50. The third kappa shape index (κ3) is 2.76. The summed E-state index contributed by atoms with van der Waals surface area (Å²) < 4.78 is 0. The lowest BCUT2D eigenvalue weighted by atomic mass is 9.83. The molecule has 4 N–H and O–H groups in total. The van der Waals surface area contributed by atoms with Crippen molar-refractivity contribution >= 4 is 23.5 Å². The number of nitrogens with two attached hydrogens (primary N) is 2. The van der Waals surface area contributed by atoms with E-state index < -0.39 is 5.91 Å². The van der Waals surface area contributed by atoms with E-state index in [2.05, 4.69) is 16.0 Å². The molecule has 3 atom stereocenters. The molecular formula is C15H19ClN4O. The van der Waals surface area contributed by atoms with Crippen LogP contribution < -0.4 is 11.5 Å². The van der Waals surface area contributed by atoms with Gasteiger partial charge in [-0.05, 0) is 37.0 Å². The van der Waals surface area contributed by atoms with Gasteiger partial charge in [0.15, 0.2) is 5.96 Å². The SMILES string of the molecule is NC(N)=NC(=O)C1=CC2CCN3CCC=CC(Cl)C(=C1)C23. The monoisotopic (exact) mass is 306 g/mol. The number of hydrogen-bond donors (Lipinski definition) is 2. The molecule has 1 fully saturated rings. The lowest BCUT2D eigenvalue weighted by Crippen LogP contribution is -2.39. The van der Waals surface area contributed by atoms with Crippen molar-refractivity contribution in [2.24, 2.45) is 22.4 Å². The molecule has 0 aromatic heterocycles. The second kappa shape index (κ2) is 5.66. The van der Waals surface area contributed by atoms with Crippen LogP contribution in [0, 0.1) is 5.92 Å². The van der Waals surface area contributed by atoms with Gasteiger partial charge in [-0.3, -0.25) is 9.69 Å². The quantitative estimate of drug-likeness (QED) is 0.326. The Balaban J connectivity index is 1.98. The fourth-order valence-electron chi connectivity index (χ4n) is 3.43. The van der Waals surface area contributed by atoms with E-state index in [-0.39, 0.29) is 11.3 Å². The van der Waals surface area contributed by atoms with Crippen LogP contribution in [0.15, 0.2) is 40.4 Å². The van der Waals surface area contributed by atoms with Crippen LogP contribution in [0.25, 0.3) is 0 Å². The summed E-state index contributed by atoms with van der Waals surface area (Å²) in [5.41, 5.74) is 12.2. The highest BCUT2D eigenvalue weighted by atomic mass is 35.5. The number of carbonyl (C=O) groups excluding carboxylic acids is 1. The van der Waals surface area contributed by atoms with Crippen LogP contribution in [0.1, 0.15) is 12.8 Å². The second-order valence-electron chi connectivity index (χ2n) is 5.66. The van der Waals surface area contributed by atoms with E-state index >= 15 is 0 Å². The standard InChI is InChI=1S/C15H19ClN4O/c16-12-3-1-2-5-20-6-4-9-7-10(8-11(12)13(9)20)14(21)19-15(17)18/h1,3,7-9,12-13H,2,4-6H2,(H4,17,18,19,21). The normalized spacial score (nSPS) is 31.6. The smallest absolute Gasteiger partial charge is 0.279 e. The number of carbonyl (C=O) groups is 1. The van der Waals surface area contributed by atoms with Crippen LogP contribution in [0.4, 0.5) is 0 Å². The second-order valence-corrected chi connectivity index (χ2v) is 6.13. The van der Waals surface area contributed by atoms with E-state index in [0.717, 1.165) is 31.5 Å². The molecule has 0 radical (unpaired) electrons. The first-order chi connectivity index (χ1) is 10.1. The molecule has 21 heavy (non-hydrogen) atoms. The molecule has 0 aromatic carbocycles. The average Bonchev–Trinajstić information content (AvgIpc) is 2.83. The maximum Gasteiger partial charge on any atom is 0.279 e. The number of allylic oxidation sites excluding steroid dienone is 1. The molecule has 1 amide bonds. The zero-order valence-electron chi connectivity index (χ0n) is 11.7. The summed E-state index contributed by atoms with van der Waals surface area (Å²) in [5, 5.41) is -0.186. The predicted octanol–water partition coefficient (Wildman–Crippen LogP) is 0.911. The van der Waals surface area contributed by atoms with Crippen molar-refractivity contribution in [2.45, 2.75) is 24.3 Å². The molecule has 0 saturated carbocycles. The van der Waals surface area contributed by atoms with Crippen molar-refractivity contribution in [3.8, 4) is 0 Å². The topological polar surface area (TPSA) is 84.7 Å². The van der Waals surface area contributed by atoms with Crippen molar-refractivity contribution in [3.63, 3.8) is 0 Å². The minimum atomic E-state index is -0.394. The first-order valence-corrected chi connectivity index (χ1v) is 7.62. The lowest BCUT2D eigenvalue weighted by Gasteiger charge is -2.34. The number of rotatable bonds is 1. The molecule has 3 aliphatic rings. The maximum absolute atomic E-state index is 12.1. The fraction of sp³-hybridized carbons (Fsp3) is 0.467. The predicted molar refractivity (Wildman–Crippen MR) is 83.8 cm³/mol. The summed E-state index contributed by atoms with van der Waals surface area (Å²) in [4.78, 5) is 18.2. The molecule has 0 aromatic rings. The summed E-state index contributed by atoms with van der Waals surface area (Å²) in [6.07, 6.45) is 10.0. The number of alkyl halides is 1. The molecule has 1 aliphatic carbocycles. The first kappa shape index (κ1) is 14.4. The van der Waals surface area contributed by atoms with E-state index in [1.54, 1.807) is 0 Å². The Bertz CT molecular complexity index is 574. The van der Waals surface area contributed by atoms with Crippen molar-refractivity contribution in [1.82, 2.24) is 4.90 Å². The highest BCUT2D eigenvalue weighted by Gasteiger charge is 2.40. The van der Waals surface area contributed by atoms with E-state index in [4.69, 9.17) is 23.1 Å². The van der Waals surface area contributed by atoms with Crippen molar-refractivity contribution in [1.29, 1.82) is 0 Å². The Morgan fingerprint density at radius 1 is 1.38 bits per heavy atom. The van der Waals surface area contributed by atoms with Crippen LogP contribution >= 0.6 is 11.6 Å². The van der Waals surface area contributed by atoms with Gasteiger partial charge in [0.1, 0.15) is 0 Å². The Labute approximate surface area is 129 Å². The van der Waals surface area contributed by atoms with E-state index in [0.29, 0.717) is 17.5 Å². The number of aliphatic imine (C=N–C) groups is 1. The van der Waals surface area contributed by atoms with Gasteiger partial charge in [0, 0.05) is 18.2 Å². The van der Waals surface area contributed by atoms with Crippen LogP contribution in [0.2, 0.25) is 0 Å². The molecule has 0 bridgehead atoms. The summed E-state index contributed by atoms with van der Waals surface area (Å²) in [5.74, 6) is -0.297. The van der Waals surface area contributed by atoms with Crippen molar-refractivity contribution in [3.05, 3.63) is 35.5 Å². The van der Waals surface area contributed by atoms with Gasteiger partial charge in [0.2, 0.25) is 0 Å². The van der Waals surface area contributed by atoms with Crippen LogP contribution in [0.5, 0.6) is 0 Å². The van der Waals surface area contributed by atoms with E-state index in [1.165, 1.54) is 0 Å². The van der Waals surface area contributed by atoms with Crippen LogP contribution in [0.3, 0.4) is 0 Å².